The average molecular weight is 450 g/mol. The van der Waals surface area contributed by atoms with Gasteiger partial charge in [0, 0.05) is 17.2 Å². The summed E-state index contributed by atoms with van der Waals surface area (Å²) in [7, 11) is 0. The smallest absolute Gasteiger partial charge is 0.282 e. The van der Waals surface area contributed by atoms with Gasteiger partial charge < -0.3 is 10.1 Å². The van der Waals surface area contributed by atoms with Crippen LogP contribution in [-0.2, 0) is 0 Å². The molecule has 0 atom stereocenters. The first kappa shape index (κ1) is 20.9. The molecular weight excluding hydrogens is 437 g/mol. The van der Waals surface area contributed by atoms with Gasteiger partial charge in [0.2, 0.25) is 5.88 Å². The number of hydrogen-bond acceptors (Lipinski definition) is 6. The minimum absolute atomic E-state index is 0.0562. The van der Waals surface area contributed by atoms with E-state index in [1.165, 1.54) is 36.2 Å². The number of hydrogen-bond donors (Lipinski definition) is 1. The lowest BCUT2D eigenvalue weighted by molar-refractivity contribution is -0.385. The molecule has 0 saturated heterocycles. The van der Waals surface area contributed by atoms with Crippen LogP contribution in [0, 0.1) is 10.1 Å². The number of amides is 1. The summed E-state index contributed by atoms with van der Waals surface area (Å²) < 4.78 is 5.70. The molecule has 1 N–H and O–H groups in total. The zero-order chi connectivity index (χ0) is 21.0. The maximum Gasteiger partial charge on any atom is 0.282 e. The third kappa shape index (κ3) is 4.97. The second-order valence-corrected chi connectivity index (χ2v) is 7.36. The lowest BCUT2D eigenvalue weighted by Crippen LogP contribution is -2.14. The van der Waals surface area contributed by atoms with Crippen LogP contribution in [0.2, 0.25) is 10.0 Å². The second kappa shape index (κ2) is 9.13. The molecule has 0 aliphatic heterocycles. The summed E-state index contributed by atoms with van der Waals surface area (Å²) >= 11 is 13.3. The predicted molar refractivity (Wildman–Crippen MR) is 114 cm³/mol. The van der Waals surface area contributed by atoms with Crippen molar-refractivity contribution in [1.29, 1.82) is 0 Å². The van der Waals surface area contributed by atoms with Crippen LogP contribution >= 0.6 is 35.0 Å². The molecule has 1 heterocycles. The maximum absolute atomic E-state index is 12.8. The standard InChI is InChI=1S/C19H13Cl2N3O4S/c1-29-12-6-7-16(24(26)27)13(9-12)18(25)23-15-4-2-3-5-17(15)28-19-14(21)8-11(20)10-22-19/h2-10H,1H3,(H,23,25). The summed E-state index contributed by atoms with van der Waals surface area (Å²) in [4.78, 5) is 28.2. The number of carbonyl (C=O) groups excluding carboxylic acids is 1. The van der Waals surface area contributed by atoms with E-state index in [1.807, 2.05) is 6.26 Å². The molecule has 0 fully saturated rings. The summed E-state index contributed by atoms with van der Waals surface area (Å²) in [6, 6.07) is 12.4. The van der Waals surface area contributed by atoms with Gasteiger partial charge in [-0.2, -0.15) is 0 Å². The van der Waals surface area contributed by atoms with Crippen LogP contribution in [0.3, 0.4) is 0 Å². The van der Waals surface area contributed by atoms with Gasteiger partial charge in [-0.05, 0) is 36.6 Å². The number of nitro benzene ring substituents is 1. The molecule has 10 heteroatoms. The topological polar surface area (TPSA) is 94.4 Å². The SMILES string of the molecule is CSc1ccc([N+](=O)[O-])c(C(=O)Nc2ccccc2Oc2ncc(Cl)cc2Cl)c1. The summed E-state index contributed by atoms with van der Waals surface area (Å²) in [6.45, 7) is 0. The Bertz CT molecular complexity index is 1090. The van der Waals surface area contributed by atoms with Crippen LogP contribution in [-0.4, -0.2) is 22.1 Å². The van der Waals surface area contributed by atoms with Crippen LogP contribution in [0.25, 0.3) is 0 Å². The van der Waals surface area contributed by atoms with E-state index in [0.29, 0.717) is 10.7 Å². The monoisotopic (exact) mass is 449 g/mol. The van der Waals surface area contributed by atoms with E-state index >= 15 is 0 Å². The first-order chi connectivity index (χ1) is 13.9. The van der Waals surface area contributed by atoms with Gasteiger partial charge in [-0.25, -0.2) is 4.98 Å². The van der Waals surface area contributed by atoms with Crippen LogP contribution in [0.5, 0.6) is 11.6 Å². The molecule has 0 aliphatic carbocycles. The molecule has 29 heavy (non-hydrogen) atoms. The number of thioether (sulfide) groups is 1. The number of pyridine rings is 1. The highest BCUT2D eigenvalue weighted by molar-refractivity contribution is 7.98. The highest BCUT2D eigenvalue weighted by Crippen LogP contribution is 2.34. The third-order valence-electron chi connectivity index (χ3n) is 3.76. The first-order valence-corrected chi connectivity index (χ1v) is 10.1. The van der Waals surface area contributed by atoms with E-state index in [-0.39, 0.29) is 27.9 Å². The number of aromatic nitrogens is 1. The second-order valence-electron chi connectivity index (χ2n) is 5.63. The van der Waals surface area contributed by atoms with Gasteiger partial charge >= 0.3 is 0 Å². The zero-order valence-corrected chi connectivity index (χ0v) is 17.2. The normalized spacial score (nSPS) is 10.4. The fraction of sp³-hybridized carbons (Fsp3) is 0.0526. The van der Waals surface area contributed by atoms with Crippen molar-refractivity contribution in [2.75, 3.05) is 11.6 Å². The maximum atomic E-state index is 12.8. The van der Waals surface area contributed by atoms with E-state index < -0.39 is 10.8 Å². The first-order valence-electron chi connectivity index (χ1n) is 8.10. The number of anilines is 1. The quantitative estimate of drug-likeness (QED) is 0.279. The Morgan fingerprint density at radius 2 is 1.97 bits per heavy atom. The molecule has 2 aromatic carbocycles. The number of nitrogens with one attached hydrogen (secondary N) is 1. The molecule has 0 radical (unpaired) electrons. The van der Waals surface area contributed by atoms with Gasteiger partial charge in [0.15, 0.2) is 5.75 Å². The van der Waals surface area contributed by atoms with Gasteiger partial charge in [0.25, 0.3) is 11.6 Å². The highest BCUT2D eigenvalue weighted by Gasteiger charge is 2.22. The predicted octanol–water partition coefficient (Wildman–Crippen LogP) is 6.06. The molecule has 148 valence electrons. The van der Waals surface area contributed by atoms with Crippen molar-refractivity contribution in [3.8, 4) is 11.6 Å². The largest absolute Gasteiger partial charge is 0.435 e. The molecule has 3 rings (SSSR count). The molecule has 0 saturated carbocycles. The molecule has 0 bridgehead atoms. The van der Waals surface area contributed by atoms with Crippen molar-refractivity contribution in [2.45, 2.75) is 4.90 Å². The number of carbonyl (C=O) groups is 1. The van der Waals surface area contributed by atoms with Crippen LogP contribution in [0.15, 0.2) is 59.6 Å². The number of nitro groups is 1. The Morgan fingerprint density at radius 1 is 1.21 bits per heavy atom. The molecule has 1 aromatic heterocycles. The van der Waals surface area contributed by atoms with Crippen LogP contribution in [0.1, 0.15) is 10.4 Å². The van der Waals surface area contributed by atoms with Crippen molar-refractivity contribution in [2.24, 2.45) is 0 Å². The minimum Gasteiger partial charge on any atom is -0.435 e. The molecule has 7 nitrogen and oxygen atoms in total. The van der Waals surface area contributed by atoms with Crippen molar-refractivity contribution in [3.05, 3.63) is 80.5 Å². The Hall–Kier alpha value is -2.81. The van der Waals surface area contributed by atoms with Crippen LogP contribution < -0.4 is 10.1 Å². The number of rotatable bonds is 6. The Morgan fingerprint density at radius 3 is 2.66 bits per heavy atom. The lowest BCUT2D eigenvalue weighted by Gasteiger charge is -2.13. The van der Waals surface area contributed by atoms with E-state index in [1.54, 1.807) is 30.3 Å². The number of halogens is 2. The van der Waals surface area contributed by atoms with Crippen molar-refractivity contribution in [3.63, 3.8) is 0 Å². The highest BCUT2D eigenvalue weighted by atomic mass is 35.5. The summed E-state index contributed by atoms with van der Waals surface area (Å²) in [5.41, 5.74) is -0.0467. The molecular formula is C19H13Cl2N3O4S. The summed E-state index contributed by atoms with van der Waals surface area (Å²) in [6.07, 6.45) is 3.19. The lowest BCUT2D eigenvalue weighted by atomic mass is 10.1. The van der Waals surface area contributed by atoms with Gasteiger partial charge in [-0.1, -0.05) is 35.3 Å². The van der Waals surface area contributed by atoms with Crippen LogP contribution in [0.4, 0.5) is 11.4 Å². The number of para-hydroxylation sites is 2. The summed E-state index contributed by atoms with van der Waals surface area (Å²) in [5.74, 6) is -0.270. The van der Waals surface area contributed by atoms with Crippen molar-refractivity contribution < 1.29 is 14.5 Å². The van der Waals surface area contributed by atoms with Crippen molar-refractivity contribution in [1.82, 2.24) is 4.98 Å². The van der Waals surface area contributed by atoms with E-state index in [2.05, 4.69) is 10.3 Å². The number of benzene rings is 2. The van der Waals surface area contributed by atoms with E-state index in [9.17, 15) is 14.9 Å². The van der Waals surface area contributed by atoms with Gasteiger partial charge in [-0.15, -0.1) is 11.8 Å². The molecule has 0 spiro atoms. The fourth-order valence-electron chi connectivity index (χ4n) is 2.41. The minimum atomic E-state index is -0.640. The average Bonchev–Trinajstić information content (AvgIpc) is 2.70. The van der Waals surface area contributed by atoms with E-state index in [4.69, 9.17) is 27.9 Å². The van der Waals surface area contributed by atoms with Gasteiger partial charge in [0.1, 0.15) is 10.6 Å². The molecule has 0 unspecified atom stereocenters. The molecule has 1 amide bonds. The zero-order valence-electron chi connectivity index (χ0n) is 14.9. The van der Waals surface area contributed by atoms with Gasteiger partial charge in [0.05, 0.1) is 15.6 Å². The van der Waals surface area contributed by atoms with E-state index in [0.717, 1.165) is 4.90 Å². The van der Waals surface area contributed by atoms with Crippen molar-refractivity contribution >= 4 is 52.2 Å². The van der Waals surface area contributed by atoms with Gasteiger partial charge in [-0.3, -0.25) is 14.9 Å². The Labute approximate surface area is 180 Å². The molecule has 3 aromatic rings. The summed E-state index contributed by atoms with van der Waals surface area (Å²) in [5, 5.41) is 14.5. The molecule has 0 aliphatic rings. The fourth-order valence-corrected chi connectivity index (χ4v) is 3.27. The number of nitrogens with zero attached hydrogens (tertiary/aromatic N) is 2. The number of ether oxygens (including phenoxy) is 1. The Balaban J connectivity index is 1.92. The third-order valence-corrected chi connectivity index (χ3v) is 4.96. The Kier molecular flexibility index (Phi) is 6.58.